The van der Waals surface area contributed by atoms with Crippen molar-refractivity contribution in [2.75, 3.05) is 0 Å². The van der Waals surface area contributed by atoms with Crippen LogP contribution in [0.25, 0.3) is 0 Å². The van der Waals surface area contributed by atoms with Gasteiger partial charge in [-0.15, -0.1) is 0 Å². The summed E-state index contributed by atoms with van der Waals surface area (Å²) >= 11 is 0. The lowest BCUT2D eigenvalue weighted by Crippen LogP contribution is -2.54. The van der Waals surface area contributed by atoms with Crippen molar-refractivity contribution in [2.45, 2.75) is 64.4 Å². The van der Waals surface area contributed by atoms with Crippen LogP contribution in [0.2, 0.25) is 0 Å². The van der Waals surface area contributed by atoms with Gasteiger partial charge in [0.15, 0.2) is 17.5 Å². The smallest absolute Gasteiger partial charge is 0.324 e. The summed E-state index contributed by atoms with van der Waals surface area (Å²) in [5.41, 5.74) is -0.630. The maximum absolute atomic E-state index is 12.2. The molecule has 2 rings (SSSR count). The fraction of sp³-hybridized carbons (Fsp3) is 0.800. The monoisotopic (exact) mass is 266 g/mol. The normalized spacial score (nSPS) is 35.3. The summed E-state index contributed by atoms with van der Waals surface area (Å²) < 4.78 is 5.60. The van der Waals surface area contributed by atoms with E-state index in [1.807, 2.05) is 13.8 Å². The molecule has 0 aromatic rings. The third kappa shape index (κ3) is 2.58. The van der Waals surface area contributed by atoms with Crippen LogP contribution in [0, 0.1) is 11.8 Å². The molecular weight excluding hydrogens is 244 g/mol. The molecule has 1 aliphatic carbocycles. The third-order valence-electron chi connectivity index (χ3n) is 4.54. The molecule has 1 saturated carbocycles. The molecule has 0 N–H and O–H groups in total. The van der Waals surface area contributed by atoms with Crippen LogP contribution in [0.15, 0.2) is 0 Å². The Morgan fingerprint density at radius 2 is 2.11 bits per heavy atom. The van der Waals surface area contributed by atoms with Gasteiger partial charge in [-0.1, -0.05) is 20.3 Å². The van der Waals surface area contributed by atoms with E-state index >= 15 is 0 Å². The van der Waals surface area contributed by atoms with Gasteiger partial charge in [0.1, 0.15) is 5.60 Å². The number of Topliss-reactive ketones (excluding diaryl/α,β-unsaturated/α-hetero) is 2. The van der Waals surface area contributed by atoms with Crippen LogP contribution in [0.3, 0.4) is 0 Å². The van der Waals surface area contributed by atoms with Gasteiger partial charge < -0.3 is 4.74 Å². The summed E-state index contributed by atoms with van der Waals surface area (Å²) in [5, 5.41) is 0. The summed E-state index contributed by atoms with van der Waals surface area (Å²) in [4.78, 5) is 36.1. The van der Waals surface area contributed by atoms with Gasteiger partial charge in [0, 0.05) is 12.8 Å². The van der Waals surface area contributed by atoms with Crippen LogP contribution < -0.4 is 0 Å². The minimum absolute atomic E-state index is 0.205. The van der Waals surface area contributed by atoms with Crippen LogP contribution in [0.5, 0.6) is 0 Å². The molecule has 0 radical (unpaired) electrons. The summed E-state index contributed by atoms with van der Waals surface area (Å²) in [6.07, 6.45) is 4.98. The lowest BCUT2D eigenvalue weighted by Gasteiger charge is -2.45. The summed E-state index contributed by atoms with van der Waals surface area (Å²) in [5.74, 6) is -2.07. The average Bonchev–Trinajstić information content (AvgIpc) is 2.32. The van der Waals surface area contributed by atoms with Gasteiger partial charge in [-0.25, -0.2) is 0 Å². The van der Waals surface area contributed by atoms with E-state index in [0.29, 0.717) is 6.42 Å². The van der Waals surface area contributed by atoms with Crippen LogP contribution in [-0.2, 0) is 19.1 Å². The fourth-order valence-electron chi connectivity index (χ4n) is 3.32. The van der Waals surface area contributed by atoms with Crippen molar-refractivity contribution in [2.24, 2.45) is 11.8 Å². The van der Waals surface area contributed by atoms with Crippen LogP contribution in [0.4, 0.5) is 0 Å². The molecule has 2 fully saturated rings. The van der Waals surface area contributed by atoms with Crippen LogP contribution in [-0.4, -0.2) is 23.1 Å². The molecule has 1 aliphatic heterocycles. The highest BCUT2D eigenvalue weighted by Gasteiger charge is 2.52. The molecule has 0 aromatic heterocycles. The molecule has 3 atom stereocenters. The number of carbonyl (C=O) groups is 3. The Morgan fingerprint density at radius 3 is 2.68 bits per heavy atom. The van der Waals surface area contributed by atoms with Crippen molar-refractivity contribution in [3.05, 3.63) is 0 Å². The molecule has 106 valence electrons. The van der Waals surface area contributed by atoms with Crippen molar-refractivity contribution in [3.8, 4) is 0 Å². The number of hydrogen-bond donors (Lipinski definition) is 0. The summed E-state index contributed by atoms with van der Waals surface area (Å²) in [6.45, 7) is 3.90. The molecule has 4 nitrogen and oxygen atoms in total. The molecule has 4 heteroatoms. The van der Waals surface area contributed by atoms with Gasteiger partial charge in [0.2, 0.25) is 0 Å². The van der Waals surface area contributed by atoms with Gasteiger partial charge in [0.05, 0.1) is 0 Å². The Kier molecular flexibility index (Phi) is 4.07. The van der Waals surface area contributed by atoms with E-state index in [9.17, 15) is 14.4 Å². The predicted octanol–water partition coefficient (Wildman–Crippen LogP) is 2.44. The SMILES string of the molecule is CCCC(=O)C1C(=O)CC2(CCCCC2C)OC1=O. The molecular formula is C15H22O4. The largest absolute Gasteiger partial charge is 0.457 e. The maximum Gasteiger partial charge on any atom is 0.324 e. The lowest BCUT2D eigenvalue weighted by atomic mass is 9.70. The average molecular weight is 266 g/mol. The predicted molar refractivity (Wildman–Crippen MR) is 69.5 cm³/mol. The standard InChI is InChI=1S/C15H22O4/c1-3-6-11(16)13-12(17)9-15(19-14(13)18)8-5-4-7-10(15)2/h10,13H,3-9H2,1-2H3. The van der Waals surface area contributed by atoms with Crippen molar-refractivity contribution in [1.82, 2.24) is 0 Å². The number of esters is 1. The highest BCUT2D eigenvalue weighted by atomic mass is 16.6. The van der Waals surface area contributed by atoms with E-state index in [4.69, 9.17) is 4.74 Å². The van der Waals surface area contributed by atoms with Crippen molar-refractivity contribution in [3.63, 3.8) is 0 Å². The summed E-state index contributed by atoms with van der Waals surface area (Å²) in [6, 6.07) is 0. The first-order valence-electron chi connectivity index (χ1n) is 7.28. The molecule has 2 aliphatic rings. The second-order valence-electron chi connectivity index (χ2n) is 5.93. The first kappa shape index (κ1) is 14.2. The molecule has 1 heterocycles. The zero-order valence-corrected chi connectivity index (χ0v) is 11.7. The Labute approximate surface area is 113 Å². The van der Waals surface area contributed by atoms with Crippen molar-refractivity contribution in [1.29, 1.82) is 0 Å². The molecule has 0 bridgehead atoms. The number of ketones is 2. The van der Waals surface area contributed by atoms with E-state index in [1.54, 1.807) is 0 Å². The molecule has 19 heavy (non-hydrogen) atoms. The summed E-state index contributed by atoms with van der Waals surface area (Å²) in [7, 11) is 0. The fourth-order valence-corrected chi connectivity index (χ4v) is 3.32. The van der Waals surface area contributed by atoms with Gasteiger partial charge in [-0.2, -0.15) is 0 Å². The van der Waals surface area contributed by atoms with Gasteiger partial charge >= 0.3 is 5.97 Å². The first-order valence-corrected chi connectivity index (χ1v) is 7.28. The van der Waals surface area contributed by atoms with E-state index < -0.39 is 17.5 Å². The van der Waals surface area contributed by atoms with Gasteiger partial charge in [-0.05, 0) is 31.6 Å². The van der Waals surface area contributed by atoms with Gasteiger partial charge in [0.25, 0.3) is 0 Å². The minimum atomic E-state index is -1.15. The molecule has 1 saturated heterocycles. The quantitative estimate of drug-likeness (QED) is 0.581. The van der Waals surface area contributed by atoms with Crippen LogP contribution in [0.1, 0.15) is 58.8 Å². The first-order chi connectivity index (χ1) is 9.00. The highest BCUT2D eigenvalue weighted by Crippen LogP contribution is 2.43. The topological polar surface area (TPSA) is 60.4 Å². The second kappa shape index (κ2) is 5.43. The van der Waals surface area contributed by atoms with E-state index in [0.717, 1.165) is 25.7 Å². The molecule has 0 aromatic carbocycles. The Bertz CT molecular complexity index is 381. The third-order valence-corrected chi connectivity index (χ3v) is 4.54. The van der Waals surface area contributed by atoms with Crippen molar-refractivity contribution >= 4 is 17.5 Å². The number of rotatable bonds is 3. The zero-order valence-electron chi connectivity index (χ0n) is 11.7. The van der Waals surface area contributed by atoms with Crippen molar-refractivity contribution < 1.29 is 19.1 Å². The molecule has 3 unspecified atom stereocenters. The Hall–Kier alpha value is -1.19. The minimum Gasteiger partial charge on any atom is -0.457 e. The van der Waals surface area contributed by atoms with E-state index in [2.05, 4.69) is 0 Å². The Balaban J connectivity index is 2.16. The zero-order chi connectivity index (χ0) is 14.0. The van der Waals surface area contributed by atoms with Gasteiger partial charge in [-0.3, -0.25) is 14.4 Å². The second-order valence-corrected chi connectivity index (χ2v) is 5.93. The number of ether oxygens (including phenoxy) is 1. The Morgan fingerprint density at radius 1 is 1.37 bits per heavy atom. The van der Waals surface area contributed by atoms with E-state index in [-0.39, 0.29) is 30.3 Å². The highest BCUT2D eigenvalue weighted by molar-refractivity contribution is 6.18. The van der Waals surface area contributed by atoms with E-state index in [1.165, 1.54) is 0 Å². The number of hydrogen-bond acceptors (Lipinski definition) is 4. The lowest BCUT2D eigenvalue weighted by molar-refractivity contribution is -0.188. The molecule has 0 amide bonds. The number of carbonyl (C=O) groups excluding carboxylic acids is 3. The van der Waals surface area contributed by atoms with Crippen LogP contribution >= 0.6 is 0 Å². The maximum atomic E-state index is 12.2. The molecule has 1 spiro atoms.